The van der Waals surface area contributed by atoms with Crippen molar-refractivity contribution in [3.05, 3.63) is 29.8 Å². The molecule has 5 nitrogen and oxygen atoms in total. The number of likely N-dealkylation sites (tertiary alicyclic amines) is 1. The minimum absolute atomic E-state index is 0.0288. The third kappa shape index (κ3) is 4.56. The number of Topliss-reactive ketones (excluding diaryl/α,β-unsaturated/α-hetero) is 1. The number of nitrogens with one attached hydrogen (secondary N) is 1. The summed E-state index contributed by atoms with van der Waals surface area (Å²) in [5, 5.41) is 3.00. The summed E-state index contributed by atoms with van der Waals surface area (Å²) in [5.74, 6) is 0.500. The van der Waals surface area contributed by atoms with Crippen LogP contribution in [0.15, 0.2) is 24.3 Å². The SMILES string of the molecule is CCN1CCCC1CNC(=O)c1ccc(OCC(C)=O)cc1. The van der Waals surface area contributed by atoms with Crippen LogP contribution in [0.1, 0.15) is 37.0 Å². The molecule has 1 aromatic carbocycles. The summed E-state index contributed by atoms with van der Waals surface area (Å²) in [5.41, 5.74) is 0.608. The van der Waals surface area contributed by atoms with Crippen LogP contribution in [0.5, 0.6) is 5.75 Å². The van der Waals surface area contributed by atoms with Gasteiger partial charge in [0.1, 0.15) is 12.4 Å². The number of ketones is 1. The zero-order valence-corrected chi connectivity index (χ0v) is 13.3. The van der Waals surface area contributed by atoms with Crippen molar-refractivity contribution in [1.29, 1.82) is 0 Å². The maximum Gasteiger partial charge on any atom is 0.251 e. The van der Waals surface area contributed by atoms with Crippen LogP contribution < -0.4 is 10.1 Å². The molecule has 2 rings (SSSR count). The van der Waals surface area contributed by atoms with Crippen molar-refractivity contribution in [3.8, 4) is 5.75 Å². The normalized spacial score (nSPS) is 18.2. The van der Waals surface area contributed by atoms with Gasteiger partial charge in [-0.05, 0) is 57.1 Å². The third-order valence-electron chi connectivity index (χ3n) is 3.96. The van der Waals surface area contributed by atoms with Crippen LogP contribution in [0.3, 0.4) is 0 Å². The molecule has 0 bridgehead atoms. The Bertz CT molecular complexity index is 513. The Balaban J connectivity index is 1.83. The number of carbonyl (C=O) groups is 2. The Morgan fingerprint density at radius 2 is 2.05 bits per heavy atom. The van der Waals surface area contributed by atoms with Gasteiger partial charge in [0.05, 0.1) is 0 Å². The first-order valence-electron chi connectivity index (χ1n) is 7.84. The summed E-state index contributed by atoms with van der Waals surface area (Å²) in [6.07, 6.45) is 2.35. The van der Waals surface area contributed by atoms with Gasteiger partial charge >= 0.3 is 0 Å². The van der Waals surface area contributed by atoms with Crippen molar-refractivity contribution in [2.45, 2.75) is 32.7 Å². The highest BCUT2D eigenvalue weighted by Gasteiger charge is 2.23. The second-order valence-electron chi connectivity index (χ2n) is 5.65. The lowest BCUT2D eigenvalue weighted by molar-refractivity contribution is -0.118. The van der Waals surface area contributed by atoms with E-state index in [-0.39, 0.29) is 18.3 Å². The highest BCUT2D eigenvalue weighted by molar-refractivity contribution is 5.94. The summed E-state index contributed by atoms with van der Waals surface area (Å²) in [6, 6.07) is 7.32. The maximum atomic E-state index is 12.1. The minimum Gasteiger partial charge on any atom is -0.486 e. The zero-order chi connectivity index (χ0) is 15.9. The minimum atomic E-state index is -0.0685. The van der Waals surface area contributed by atoms with E-state index < -0.39 is 0 Å². The maximum absolute atomic E-state index is 12.1. The molecule has 0 spiro atoms. The van der Waals surface area contributed by atoms with E-state index in [4.69, 9.17) is 4.74 Å². The third-order valence-corrected chi connectivity index (χ3v) is 3.96. The first kappa shape index (κ1) is 16.5. The summed E-state index contributed by atoms with van der Waals surface area (Å²) in [7, 11) is 0. The van der Waals surface area contributed by atoms with Gasteiger partial charge in [-0.15, -0.1) is 0 Å². The van der Waals surface area contributed by atoms with Gasteiger partial charge in [-0.25, -0.2) is 0 Å². The fraction of sp³-hybridized carbons (Fsp3) is 0.529. The Kier molecular flexibility index (Phi) is 5.95. The monoisotopic (exact) mass is 304 g/mol. The second-order valence-corrected chi connectivity index (χ2v) is 5.65. The molecule has 1 N–H and O–H groups in total. The number of ether oxygens (including phenoxy) is 1. The molecule has 120 valence electrons. The van der Waals surface area contributed by atoms with Gasteiger partial charge in [0.15, 0.2) is 5.78 Å². The molecule has 1 amide bonds. The van der Waals surface area contributed by atoms with Crippen LogP contribution in [-0.4, -0.2) is 48.9 Å². The van der Waals surface area contributed by atoms with Crippen molar-refractivity contribution in [1.82, 2.24) is 10.2 Å². The number of rotatable bonds is 7. The molecule has 1 aliphatic rings. The molecule has 0 saturated carbocycles. The molecule has 1 fully saturated rings. The lowest BCUT2D eigenvalue weighted by atomic mass is 10.2. The number of carbonyl (C=O) groups excluding carboxylic acids is 2. The number of amides is 1. The molecule has 1 saturated heterocycles. The molecule has 0 radical (unpaired) electrons. The fourth-order valence-corrected chi connectivity index (χ4v) is 2.74. The lowest BCUT2D eigenvalue weighted by Crippen LogP contribution is -2.40. The standard InChI is InChI=1S/C17H24N2O3/c1-3-19-10-4-5-15(19)11-18-17(21)14-6-8-16(9-7-14)22-12-13(2)20/h6-9,15H,3-5,10-12H2,1-2H3,(H,18,21). The van der Waals surface area contributed by atoms with Crippen molar-refractivity contribution in [2.75, 3.05) is 26.2 Å². The van der Waals surface area contributed by atoms with E-state index in [1.54, 1.807) is 24.3 Å². The van der Waals surface area contributed by atoms with Gasteiger partial charge in [0.2, 0.25) is 0 Å². The van der Waals surface area contributed by atoms with E-state index in [9.17, 15) is 9.59 Å². The first-order valence-corrected chi connectivity index (χ1v) is 7.84. The topological polar surface area (TPSA) is 58.6 Å². The summed E-state index contributed by atoms with van der Waals surface area (Å²) in [4.78, 5) is 25.4. The molecule has 1 atom stereocenters. The van der Waals surface area contributed by atoms with Crippen LogP contribution in [0, 0.1) is 0 Å². The Labute approximate surface area is 131 Å². The lowest BCUT2D eigenvalue weighted by Gasteiger charge is -2.22. The number of likely N-dealkylation sites (N-methyl/N-ethyl adjacent to an activating group) is 1. The van der Waals surface area contributed by atoms with E-state index in [1.807, 2.05) is 0 Å². The van der Waals surface area contributed by atoms with Gasteiger partial charge < -0.3 is 10.1 Å². The summed E-state index contributed by atoms with van der Waals surface area (Å²) >= 11 is 0. The van der Waals surface area contributed by atoms with E-state index in [1.165, 1.54) is 13.3 Å². The molecule has 1 aromatic rings. The molecule has 0 aromatic heterocycles. The average Bonchev–Trinajstić information content (AvgIpc) is 2.98. The number of benzene rings is 1. The van der Waals surface area contributed by atoms with Crippen molar-refractivity contribution in [3.63, 3.8) is 0 Å². The van der Waals surface area contributed by atoms with Crippen molar-refractivity contribution in [2.24, 2.45) is 0 Å². The molecular formula is C17H24N2O3. The molecule has 22 heavy (non-hydrogen) atoms. The van der Waals surface area contributed by atoms with E-state index in [0.717, 1.165) is 19.5 Å². The van der Waals surface area contributed by atoms with Crippen LogP contribution >= 0.6 is 0 Å². The van der Waals surface area contributed by atoms with Crippen LogP contribution in [0.4, 0.5) is 0 Å². The molecule has 1 unspecified atom stereocenters. The van der Waals surface area contributed by atoms with Gasteiger partial charge in [0.25, 0.3) is 5.91 Å². The summed E-state index contributed by atoms with van der Waals surface area (Å²) < 4.78 is 5.28. The quantitative estimate of drug-likeness (QED) is 0.835. The highest BCUT2D eigenvalue weighted by Crippen LogP contribution is 2.16. The molecule has 5 heteroatoms. The first-order chi connectivity index (χ1) is 10.6. The predicted octanol–water partition coefficient (Wildman–Crippen LogP) is 1.87. The van der Waals surface area contributed by atoms with E-state index in [2.05, 4.69) is 17.1 Å². The highest BCUT2D eigenvalue weighted by atomic mass is 16.5. The van der Waals surface area contributed by atoms with Crippen molar-refractivity contribution >= 4 is 11.7 Å². The molecular weight excluding hydrogens is 280 g/mol. The summed E-state index contributed by atoms with van der Waals surface area (Å²) in [6.45, 7) is 6.53. The number of nitrogens with zero attached hydrogens (tertiary/aromatic N) is 1. The second kappa shape index (κ2) is 7.94. The van der Waals surface area contributed by atoms with Crippen LogP contribution in [0.2, 0.25) is 0 Å². The Morgan fingerprint density at radius 3 is 2.68 bits per heavy atom. The Morgan fingerprint density at radius 1 is 1.32 bits per heavy atom. The Hall–Kier alpha value is -1.88. The van der Waals surface area contributed by atoms with E-state index in [0.29, 0.717) is 23.9 Å². The van der Waals surface area contributed by atoms with Crippen LogP contribution in [0.25, 0.3) is 0 Å². The van der Waals surface area contributed by atoms with E-state index >= 15 is 0 Å². The smallest absolute Gasteiger partial charge is 0.251 e. The number of hydrogen-bond donors (Lipinski definition) is 1. The van der Waals surface area contributed by atoms with Gasteiger partial charge in [-0.1, -0.05) is 6.92 Å². The largest absolute Gasteiger partial charge is 0.486 e. The molecule has 1 aliphatic heterocycles. The van der Waals surface area contributed by atoms with Gasteiger partial charge in [0, 0.05) is 18.2 Å². The average molecular weight is 304 g/mol. The van der Waals surface area contributed by atoms with Gasteiger partial charge in [-0.3, -0.25) is 14.5 Å². The van der Waals surface area contributed by atoms with Gasteiger partial charge in [-0.2, -0.15) is 0 Å². The number of hydrogen-bond acceptors (Lipinski definition) is 4. The predicted molar refractivity (Wildman–Crippen MR) is 85.2 cm³/mol. The molecule has 0 aliphatic carbocycles. The van der Waals surface area contributed by atoms with Crippen LogP contribution in [-0.2, 0) is 4.79 Å². The molecule has 1 heterocycles. The van der Waals surface area contributed by atoms with Crippen molar-refractivity contribution < 1.29 is 14.3 Å². The zero-order valence-electron chi connectivity index (χ0n) is 13.3. The fourth-order valence-electron chi connectivity index (χ4n) is 2.74.